The summed E-state index contributed by atoms with van der Waals surface area (Å²) in [7, 11) is 1.61. The lowest BCUT2D eigenvalue weighted by molar-refractivity contribution is 0.282. The van der Waals surface area contributed by atoms with Gasteiger partial charge in [0.15, 0.2) is 11.5 Å². The normalized spacial score (nSPS) is 11.2. The second kappa shape index (κ2) is 12.0. The van der Waals surface area contributed by atoms with Crippen LogP contribution in [0.25, 0.3) is 10.9 Å². The summed E-state index contributed by atoms with van der Waals surface area (Å²) >= 11 is 3.44. The maximum absolute atomic E-state index is 13.3. The van der Waals surface area contributed by atoms with Crippen molar-refractivity contribution in [3.63, 3.8) is 0 Å². The standard InChI is InChI=1S/C30H30BrN3O3/c1-5-7-23-15-22(16-27(36-4)29(23)37-19-21-11-9-20(3)10-12-21)18-32-34-28(8-6-2)33-26-14-13-24(31)17-25(26)30(34)35/h5,9-18H,1,6-8,19H2,2-4H3. The van der Waals surface area contributed by atoms with Gasteiger partial charge >= 0.3 is 0 Å². The first-order valence-corrected chi connectivity index (χ1v) is 13.0. The Morgan fingerprint density at radius 3 is 2.62 bits per heavy atom. The smallest absolute Gasteiger partial charge is 0.282 e. The molecule has 0 aliphatic carbocycles. The fourth-order valence-electron chi connectivity index (χ4n) is 4.04. The van der Waals surface area contributed by atoms with Gasteiger partial charge in [0, 0.05) is 16.5 Å². The minimum absolute atomic E-state index is 0.206. The van der Waals surface area contributed by atoms with E-state index in [-0.39, 0.29) is 5.56 Å². The zero-order chi connectivity index (χ0) is 26.4. The molecule has 37 heavy (non-hydrogen) atoms. The maximum atomic E-state index is 13.3. The van der Waals surface area contributed by atoms with Crippen LogP contribution in [0.4, 0.5) is 0 Å². The number of hydrogen-bond acceptors (Lipinski definition) is 5. The highest BCUT2D eigenvalue weighted by Gasteiger charge is 2.14. The molecule has 0 saturated heterocycles. The summed E-state index contributed by atoms with van der Waals surface area (Å²) in [5.41, 5.74) is 4.43. The number of hydrogen-bond donors (Lipinski definition) is 0. The summed E-state index contributed by atoms with van der Waals surface area (Å²) < 4.78 is 14.1. The van der Waals surface area contributed by atoms with Crippen molar-refractivity contribution < 1.29 is 9.47 Å². The van der Waals surface area contributed by atoms with E-state index in [0.717, 1.165) is 27.6 Å². The van der Waals surface area contributed by atoms with E-state index in [1.54, 1.807) is 19.4 Å². The Kier molecular flexibility index (Phi) is 8.56. The largest absolute Gasteiger partial charge is 0.493 e. The molecule has 0 spiro atoms. The molecule has 0 unspecified atom stereocenters. The Hall–Kier alpha value is -3.71. The van der Waals surface area contributed by atoms with Crippen molar-refractivity contribution in [3.8, 4) is 11.5 Å². The second-order valence-corrected chi connectivity index (χ2v) is 9.70. The molecule has 0 N–H and O–H groups in total. The average Bonchev–Trinajstić information content (AvgIpc) is 2.89. The topological polar surface area (TPSA) is 65.7 Å². The van der Waals surface area contributed by atoms with E-state index in [1.807, 2.05) is 37.3 Å². The predicted octanol–water partition coefficient (Wildman–Crippen LogP) is 6.62. The summed E-state index contributed by atoms with van der Waals surface area (Å²) in [4.78, 5) is 18.0. The predicted molar refractivity (Wildman–Crippen MR) is 153 cm³/mol. The van der Waals surface area contributed by atoms with Crippen LogP contribution in [0.1, 0.15) is 41.4 Å². The number of halogens is 1. The zero-order valence-corrected chi connectivity index (χ0v) is 22.9. The van der Waals surface area contributed by atoms with Crippen molar-refractivity contribution in [2.24, 2.45) is 5.10 Å². The van der Waals surface area contributed by atoms with E-state index in [9.17, 15) is 4.79 Å². The highest BCUT2D eigenvalue weighted by molar-refractivity contribution is 9.10. The SMILES string of the molecule is C=CCc1cc(C=Nn2c(CCC)nc3ccc(Br)cc3c2=O)cc(OC)c1OCc1ccc(C)cc1. The van der Waals surface area contributed by atoms with Crippen molar-refractivity contribution in [1.29, 1.82) is 0 Å². The number of nitrogens with zero attached hydrogens (tertiary/aromatic N) is 3. The van der Waals surface area contributed by atoms with E-state index < -0.39 is 0 Å². The molecule has 0 bridgehead atoms. The molecule has 0 atom stereocenters. The average molecular weight is 560 g/mol. The van der Waals surface area contributed by atoms with Crippen LogP contribution in [0.3, 0.4) is 0 Å². The molecular weight excluding hydrogens is 530 g/mol. The van der Waals surface area contributed by atoms with Crippen molar-refractivity contribution in [2.75, 3.05) is 7.11 Å². The van der Waals surface area contributed by atoms with Crippen molar-refractivity contribution in [2.45, 2.75) is 39.7 Å². The summed E-state index contributed by atoms with van der Waals surface area (Å²) in [6, 6.07) is 17.6. The Labute approximate surface area is 225 Å². The molecule has 0 radical (unpaired) electrons. The van der Waals surface area contributed by atoms with E-state index in [1.165, 1.54) is 10.2 Å². The molecule has 4 aromatic rings. The number of allylic oxidation sites excluding steroid dienone is 1. The first-order chi connectivity index (χ1) is 17.9. The molecule has 4 rings (SSSR count). The van der Waals surface area contributed by atoms with Gasteiger partial charge in [0.05, 0.1) is 24.2 Å². The lowest BCUT2D eigenvalue weighted by Gasteiger charge is -2.16. The summed E-state index contributed by atoms with van der Waals surface area (Å²) in [6.45, 7) is 8.42. The molecule has 0 fully saturated rings. The Morgan fingerprint density at radius 2 is 1.92 bits per heavy atom. The first-order valence-electron chi connectivity index (χ1n) is 12.2. The third-order valence-electron chi connectivity index (χ3n) is 5.91. The Morgan fingerprint density at radius 1 is 1.14 bits per heavy atom. The van der Waals surface area contributed by atoms with Crippen LogP contribution in [0, 0.1) is 6.92 Å². The molecule has 1 aromatic heterocycles. The van der Waals surface area contributed by atoms with Crippen LogP contribution in [0.15, 0.2) is 81.6 Å². The molecule has 3 aromatic carbocycles. The highest BCUT2D eigenvalue weighted by Crippen LogP contribution is 2.34. The lowest BCUT2D eigenvalue weighted by Crippen LogP contribution is -2.22. The fourth-order valence-corrected chi connectivity index (χ4v) is 4.41. The van der Waals surface area contributed by atoms with E-state index in [2.05, 4.69) is 58.8 Å². The highest BCUT2D eigenvalue weighted by atomic mass is 79.9. The molecular formula is C30H30BrN3O3. The number of rotatable bonds is 10. The molecule has 0 saturated carbocycles. The summed E-state index contributed by atoms with van der Waals surface area (Å²) in [5.74, 6) is 1.88. The number of methoxy groups -OCH3 is 1. The number of aromatic nitrogens is 2. The van der Waals surface area contributed by atoms with Gasteiger partial charge in [-0.3, -0.25) is 4.79 Å². The monoisotopic (exact) mass is 559 g/mol. The summed E-state index contributed by atoms with van der Waals surface area (Å²) in [6.07, 6.45) is 5.55. The minimum Gasteiger partial charge on any atom is -0.493 e. The first kappa shape index (κ1) is 26.4. The number of benzene rings is 3. The van der Waals surface area contributed by atoms with E-state index in [4.69, 9.17) is 14.5 Å². The van der Waals surface area contributed by atoms with Crippen LogP contribution in [0.5, 0.6) is 11.5 Å². The van der Waals surface area contributed by atoms with Gasteiger partial charge in [0.1, 0.15) is 12.4 Å². The van der Waals surface area contributed by atoms with Gasteiger partial charge in [0.25, 0.3) is 5.56 Å². The lowest BCUT2D eigenvalue weighted by atomic mass is 10.1. The minimum atomic E-state index is -0.206. The third-order valence-corrected chi connectivity index (χ3v) is 6.41. The summed E-state index contributed by atoms with van der Waals surface area (Å²) in [5, 5.41) is 5.07. The van der Waals surface area contributed by atoms with Crippen LogP contribution in [-0.4, -0.2) is 23.0 Å². The van der Waals surface area contributed by atoms with Gasteiger partial charge in [-0.05, 0) is 61.2 Å². The Balaban J connectivity index is 1.72. The van der Waals surface area contributed by atoms with Gasteiger partial charge in [-0.2, -0.15) is 9.78 Å². The molecule has 6 nitrogen and oxygen atoms in total. The molecule has 0 aliphatic heterocycles. The van der Waals surface area contributed by atoms with Crippen LogP contribution in [-0.2, 0) is 19.4 Å². The van der Waals surface area contributed by atoms with Gasteiger partial charge in [-0.1, -0.05) is 58.8 Å². The van der Waals surface area contributed by atoms with Gasteiger partial charge in [-0.25, -0.2) is 4.98 Å². The van der Waals surface area contributed by atoms with E-state index >= 15 is 0 Å². The molecule has 190 valence electrons. The van der Waals surface area contributed by atoms with Crippen molar-refractivity contribution in [1.82, 2.24) is 9.66 Å². The second-order valence-electron chi connectivity index (χ2n) is 8.78. The van der Waals surface area contributed by atoms with Gasteiger partial charge in [0.2, 0.25) is 0 Å². The molecule has 1 heterocycles. The molecule has 0 aliphatic rings. The maximum Gasteiger partial charge on any atom is 0.282 e. The molecule has 0 amide bonds. The number of fused-ring (bicyclic) bond motifs is 1. The van der Waals surface area contributed by atoms with Crippen LogP contribution < -0.4 is 15.0 Å². The zero-order valence-electron chi connectivity index (χ0n) is 21.3. The fraction of sp³-hybridized carbons (Fsp3) is 0.233. The van der Waals surface area contributed by atoms with Crippen LogP contribution >= 0.6 is 15.9 Å². The van der Waals surface area contributed by atoms with E-state index in [0.29, 0.717) is 47.7 Å². The van der Waals surface area contributed by atoms with Gasteiger partial charge < -0.3 is 9.47 Å². The quantitative estimate of drug-likeness (QED) is 0.162. The number of ether oxygens (including phenoxy) is 2. The van der Waals surface area contributed by atoms with Crippen molar-refractivity contribution in [3.05, 3.63) is 110 Å². The van der Waals surface area contributed by atoms with Gasteiger partial charge in [-0.15, -0.1) is 6.58 Å². The number of aryl methyl sites for hydroxylation is 2. The molecule has 7 heteroatoms. The third kappa shape index (κ3) is 6.17. The van der Waals surface area contributed by atoms with Crippen molar-refractivity contribution >= 4 is 33.0 Å². The van der Waals surface area contributed by atoms with Crippen LogP contribution in [0.2, 0.25) is 0 Å². The Bertz CT molecular complexity index is 1510.